The third kappa shape index (κ3) is 4.57. The average molecular weight is 313 g/mol. The fourth-order valence-corrected chi connectivity index (χ4v) is 2.95. The third-order valence-electron chi connectivity index (χ3n) is 4.36. The number of rotatable bonds is 7. The lowest BCUT2D eigenvalue weighted by Gasteiger charge is -2.35. The summed E-state index contributed by atoms with van der Waals surface area (Å²) in [4.78, 5) is 2.13. The molecular weight excluding hydrogens is 286 g/mol. The minimum Gasteiger partial charge on any atom is -0.497 e. The lowest BCUT2D eigenvalue weighted by atomic mass is 9.79. The summed E-state index contributed by atoms with van der Waals surface area (Å²) in [5, 5.41) is 11.3. The summed E-state index contributed by atoms with van der Waals surface area (Å²) in [5.41, 5.74) is 1.19. The van der Waals surface area contributed by atoms with Gasteiger partial charge in [0, 0.05) is 12.5 Å². The van der Waals surface area contributed by atoms with Crippen LogP contribution in [0.3, 0.4) is 0 Å². The van der Waals surface area contributed by atoms with E-state index in [2.05, 4.69) is 17.0 Å². The second-order valence-corrected chi connectivity index (χ2v) is 6.53. The van der Waals surface area contributed by atoms with E-state index in [1.807, 2.05) is 63.5 Å². The standard InChI is InChI=1S/C20H27NO2/c1-20(22,17-11-8-12-19(14-17)23-4)18(15-21(2)3)13-16-9-6-5-7-10-16/h5-12,14,18,22H,13,15H2,1-4H3. The molecule has 0 aromatic heterocycles. The van der Waals surface area contributed by atoms with Crippen LogP contribution < -0.4 is 4.74 Å². The molecule has 0 spiro atoms. The molecule has 0 saturated carbocycles. The van der Waals surface area contributed by atoms with Crippen molar-refractivity contribution in [3.8, 4) is 5.75 Å². The molecule has 2 unspecified atom stereocenters. The van der Waals surface area contributed by atoms with Gasteiger partial charge < -0.3 is 14.7 Å². The summed E-state index contributed by atoms with van der Waals surface area (Å²) in [6.45, 7) is 2.71. The molecule has 0 saturated heterocycles. The van der Waals surface area contributed by atoms with Crippen molar-refractivity contribution in [1.29, 1.82) is 0 Å². The molecule has 2 aromatic rings. The van der Waals surface area contributed by atoms with E-state index in [-0.39, 0.29) is 5.92 Å². The largest absolute Gasteiger partial charge is 0.497 e. The first-order chi connectivity index (χ1) is 10.9. The minimum absolute atomic E-state index is 0.0759. The van der Waals surface area contributed by atoms with Crippen molar-refractivity contribution in [2.75, 3.05) is 27.7 Å². The number of nitrogens with zero attached hydrogens (tertiary/aromatic N) is 1. The molecule has 0 bridgehead atoms. The quantitative estimate of drug-likeness (QED) is 0.851. The van der Waals surface area contributed by atoms with Crippen molar-refractivity contribution in [2.45, 2.75) is 18.9 Å². The lowest BCUT2D eigenvalue weighted by molar-refractivity contribution is -0.0159. The van der Waals surface area contributed by atoms with Crippen LogP contribution in [-0.2, 0) is 12.0 Å². The normalized spacial score (nSPS) is 15.2. The summed E-state index contributed by atoms with van der Waals surface area (Å²) in [5.74, 6) is 0.845. The Morgan fingerprint density at radius 1 is 1.09 bits per heavy atom. The van der Waals surface area contributed by atoms with E-state index in [4.69, 9.17) is 4.74 Å². The number of hydrogen-bond acceptors (Lipinski definition) is 3. The van der Waals surface area contributed by atoms with Gasteiger partial charge in [-0.05, 0) is 50.7 Å². The molecule has 3 nitrogen and oxygen atoms in total. The van der Waals surface area contributed by atoms with Gasteiger partial charge in [0.25, 0.3) is 0 Å². The zero-order chi connectivity index (χ0) is 16.9. The van der Waals surface area contributed by atoms with E-state index < -0.39 is 5.60 Å². The van der Waals surface area contributed by atoms with Crippen LogP contribution in [0.15, 0.2) is 54.6 Å². The van der Waals surface area contributed by atoms with Gasteiger partial charge in [-0.25, -0.2) is 0 Å². The Kier molecular flexibility index (Phi) is 5.80. The fraction of sp³-hybridized carbons (Fsp3) is 0.400. The molecule has 0 amide bonds. The highest BCUT2D eigenvalue weighted by Crippen LogP contribution is 2.34. The highest BCUT2D eigenvalue weighted by atomic mass is 16.5. The molecule has 2 aromatic carbocycles. The maximum absolute atomic E-state index is 11.3. The average Bonchev–Trinajstić information content (AvgIpc) is 2.55. The Bertz CT molecular complexity index is 608. The molecule has 3 heteroatoms. The number of methoxy groups -OCH3 is 1. The Labute approximate surface area is 139 Å². The van der Waals surface area contributed by atoms with E-state index in [0.29, 0.717) is 0 Å². The molecule has 0 fully saturated rings. The molecule has 23 heavy (non-hydrogen) atoms. The molecule has 0 radical (unpaired) electrons. The van der Waals surface area contributed by atoms with Crippen LogP contribution in [0, 0.1) is 5.92 Å². The van der Waals surface area contributed by atoms with E-state index >= 15 is 0 Å². The van der Waals surface area contributed by atoms with Gasteiger partial charge >= 0.3 is 0 Å². The predicted molar refractivity (Wildman–Crippen MR) is 94.8 cm³/mol. The van der Waals surface area contributed by atoms with E-state index in [9.17, 15) is 5.11 Å². The van der Waals surface area contributed by atoms with Crippen LogP contribution in [0.25, 0.3) is 0 Å². The van der Waals surface area contributed by atoms with Gasteiger partial charge in [0.1, 0.15) is 5.75 Å². The zero-order valence-electron chi connectivity index (χ0n) is 14.5. The number of ether oxygens (including phenoxy) is 1. The first-order valence-electron chi connectivity index (χ1n) is 7.99. The van der Waals surface area contributed by atoms with E-state index in [1.54, 1.807) is 7.11 Å². The topological polar surface area (TPSA) is 32.7 Å². The maximum atomic E-state index is 11.3. The van der Waals surface area contributed by atoms with Crippen molar-refractivity contribution < 1.29 is 9.84 Å². The Morgan fingerprint density at radius 2 is 1.78 bits per heavy atom. The first-order valence-corrected chi connectivity index (χ1v) is 7.99. The van der Waals surface area contributed by atoms with Crippen LogP contribution >= 0.6 is 0 Å². The van der Waals surface area contributed by atoms with Crippen molar-refractivity contribution in [1.82, 2.24) is 4.90 Å². The summed E-state index contributed by atoms with van der Waals surface area (Å²) in [6, 6.07) is 18.1. The van der Waals surface area contributed by atoms with Crippen molar-refractivity contribution in [3.63, 3.8) is 0 Å². The van der Waals surface area contributed by atoms with Gasteiger partial charge in [0.2, 0.25) is 0 Å². The molecule has 2 atom stereocenters. The fourth-order valence-electron chi connectivity index (χ4n) is 2.95. The summed E-state index contributed by atoms with van der Waals surface area (Å²) >= 11 is 0. The third-order valence-corrected chi connectivity index (χ3v) is 4.36. The first kappa shape index (κ1) is 17.5. The SMILES string of the molecule is COc1cccc(C(C)(O)C(Cc2ccccc2)CN(C)C)c1. The molecule has 0 heterocycles. The van der Waals surface area contributed by atoms with Crippen LogP contribution in [0.2, 0.25) is 0 Å². The van der Waals surface area contributed by atoms with Gasteiger partial charge in [-0.2, -0.15) is 0 Å². The van der Waals surface area contributed by atoms with Crippen LogP contribution in [0.5, 0.6) is 5.75 Å². The molecule has 0 aliphatic carbocycles. The highest BCUT2D eigenvalue weighted by Gasteiger charge is 2.34. The Hall–Kier alpha value is -1.84. The summed E-state index contributed by atoms with van der Waals surface area (Å²) < 4.78 is 5.31. The van der Waals surface area contributed by atoms with Gasteiger partial charge in [-0.1, -0.05) is 42.5 Å². The molecule has 1 N–H and O–H groups in total. The highest BCUT2D eigenvalue weighted by molar-refractivity contribution is 5.33. The second kappa shape index (κ2) is 7.62. The second-order valence-electron chi connectivity index (χ2n) is 6.53. The molecule has 0 aliphatic heterocycles. The molecule has 2 rings (SSSR count). The van der Waals surface area contributed by atoms with Gasteiger partial charge in [0.15, 0.2) is 0 Å². The molecular formula is C20H27NO2. The van der Waals surface area contributed by atoms with Gasteiger partial charge in [0.05, 0.1) is 12.7 Å². The predicted octanol–water partition coefficient (Wildman–Crippen LogP) is 3.32. The van der Waals surface area contributed by atoms with E-state index in [0.717, 1.165) is 24.3 Å². The summed E-state index contributed by atoms with van der Waals surface area (Å²) in [7, 11) is 5.73. The van der Waals surface area contributed by atoms with Gasteiger partial charge in [-0.15, -0.1) is 0 Å². The lowest BCUT2D eigenvalue weighted by Crippen LogP contribution is -2.39. The van der Waals surface area contributed by atoms with Crippen molar-refractivity contribution in [3.05, 3.63) is 65.7 Å². The van der Waals surface area contributed by atoms with Crippen molar-refractivity contribution in [2.24, 2.45) is 5.92 Å². The molecule has 124 valence electrons. The van der Waals surface area contributed by atoms with Gasteiger partial charge in [-0.3, -0.25) is 0 Å². The van der Waals surface area contributed by atoms with Crippen LogP contribution in [0.4, 0.5) is 0 Å². The molecule has 0 aliphatic rings. The Balaban J connectivity index is 2.31. The van der Waals surface area contributed by atoms with Crippen LogP contribution in [0.1, 0.15) is 18.1 Å². The smallest absolute Gasteiger partial charge is 0.119 e. The zero-order valence-corrected chi connectivity index (χ0v) is 14.5. The Morgan fingerprint density at radius 3 is 2.39 bits per heavy atom. The number of aliphatic hydroxyl groups is 1. The maximum Gasteiger partial charge on any atom is 0.119 e. The number of hydrogen-bond donors (Lipinski definition) is 1. The van der Waals surface area contributed by atoms with Crippen molar-refractivity contribution >= 4 is 0 Å². The minimum atomic E-state index is -0.936. The number of benzene rings is 2. The van der Waals surface area contributed by atoms with Crippen LogP contribution in [-0.4, -0.2) is 37.8 Å². The monoisotopic (exact) mass is 313 g/mol. The van der Waals surface area contributed by atoms with E-state index in [1.165, 1.54) is 5.56 Å². The summed E-state index contributed by atoms with van der Waals surface area (Å²) in [6.07, 6.45) is 0.823.